The Morgan fingerprint density at radius 1 is 1.69 bits per heavy atom. The molecule has 1 aromatic rings. The van der Waals surface area contributed by atoms with E-state index in [2.05, 4.69) is 27.8 Å². The first-order chi connectivity index (χ1) is 6.15. The van der Waals surface area contributed by atoms with Gasteiger partial charge in [0, 0.05) is 6.20 Å². The maximum absolute atomic E-state index is 11.4. The highest BCUT2D eigenvalue weighted by atomic mass is 79.9. The van der Waals surface area contributed by atoms with Crippen LogP contribution in [0.2, 0.25) is 5.02 Å². The molecule has 0 bridgehead atoms. The first-order valence-electron chi connectivity index (χ1n) is 3.60. The van der Waals surface area contributed by atoms with E-state index in [1.165, 1.54) is 4.57 Å². The molecule has 0 aliphatic carbocycles. The fraction of sp³-hybridized carbons (Fsp3) is 0.222. The van der Waals surface area contributed by atoms with E-state index in [1.54, 1.807) is 19.2 Å². The van der Waals surface area contributed by atoms with E-state index in [9.17, 15) is 4.79 Å². The lowest BCUT2D eigenvalue weighted by Crippen LogP contribution is -2.19. The fourth-order valence-electron chi connectivity index (χ4n) is 0.846. The Kier molecular flexibility index (Phi) is 3.58. The maximum atomic E-state index is 11.4. The Hall–Kier alpha value is -0.720. The zero-order valence-electron chi connectivity index (χ0n) is 6.97. The Bertz CT molecular complexity index is 427. The molecule has 0 fully saturated rings. The van der Waals surface area contributed by atoms with Crippen molar-refractivity contribution in [3.05, 3.63) is 32.1 Å². The second kappa shape index (κ2) is 4.50. The average molecular weight is 261 g/mol. The van der Waals surface area contributed by atoms with Gasteiger partial charge < -0.3 is 4.57 Å². The Morgan fingerprint density at radius 3 is 3.00 bits per heavy atom. The van der Waals surface area contributed by atoms with E-state index in [1.807, 2.05) is 0 Å². The molecule has 1 rings (SSSR count). The predicted octanol–water partition coefficient (Wildman–Crippen LogP) is 2.29. The minimum absolute atomic E-state index is 0.118. The molecule has 0 spiro atoms. The van der Waals surface area contributed by atoms with Crippen LogP contribution < -0.4 is 5.56 Å². The zero-order chi connectivity index (χ0) is 9.84. The monoisotopic (exact) mass is 259 g/mol. The van der Waals surface area contributed by atoms with E-state index < -0.39 is 0 Å². The highest BCUT2D eigenvalue weighted by Crippen LogP contribution is 2.11. The van der Waals surface area contributed by atoms with Gasteiger partial charge in [0.25, 0.3) is 5.56 Å². The van der Waals surface area contributed by atoms with E-state index in [-0.39, 0.29) is 5.56 Å². The van der Waals surface area contributed by atoms with Crippen molar-refractivity contribution >= 4 is 27.5 Å². The van der Waals surface area contributed by atoms with Crippen molar-refractivity contribution in [1.82, 2.24) is 4.57 Å². The number of pyridine rings is 1. The largest absolute Gasteiger partial charge is 0.301 e. The lowest BCUT2D eigenvalue weighted by atomic mass is 10.4. The molecule has 68 valence electrons. The topological polar surface area (TPSA) is 22.0 Å². The molecule has 1 heterocycles. The summed E-state index contributed by atoms with van der Waals surface area (Å²) in [5.74, 6) is 5.51. The van der Waals surface area contributed by atoms with Crippen molar-refractivity contribution in [2.75, 3.05) is 0 Å². The Labute approximate surface area is 89.7 Å². The fourth-order valence-corrected chi connectivity index (χ4v) is 1.68. The third-order valence-corrected chi connectivity index (χ3v) is 2.21. The van der Waals surface area contributed by atoms with E-state index in [4.69, 9.17) is 11.6 Å². The van der Waals surface area contributed by atoms with Crippen LogP contribution in [-0.4, -0.2) is 4.57 Å². The second-order valence-corrected chi connectivity index (χ2v) is 3.66. The molecule has 2 nitrogen and oxygen atoms in total. The normalized spacial score (nSPS) is 9.15. The molecule has 13 heavy (non-hydrogen) atoms. The van der Waals surface area contributed by atoms with Gasteiger partial charge in [-0.2, -0.15) is 0 Å². The molecule has 0 saturated carbocycles. The third-order valence-electron chi connectivity index (χ3n) is 1.44. The van der Waals surface area contributed by atoms with Crippen molar-refractivity contribution in [2.45, 2.75) is 13.5 Å². The lowest BCUT2D eigenvalue weighted by Gasteiger charge is -2.01. The average Bonchev–Trinajstić information content (AvgIpc) is 2.09. The smallest absolute Gasteiger partial charge is 0.265 e. The molecule has 0 aliphatic rings. The van der Waals surface area contributed by atoms with Crippen molar-refractivity contribution < 1.29 is 0 Å². The molecule has 0 aromatic carbocycles. The minimum Gasteiger partial charge on any atom is -0.301 e. The van der Waals surface area contributed by atoms with Gasteiger partial charge in [-0.3, -0.25) is 4.79 Å². The summed E-state index contributed by atoms with van der Waals surface area (Å²) >= 11 is 8.89. The van der Waals surface area contributed by atoms with Crippen LogP contribution in [0.25, 0.3) is 0 Å². The van der Waals surface area contributed by atoms with Gasteiger partial charge in [0.1, 0.15) is 0 Å². The number of halogens is 2. The van der Waals surface area contributed by atoms with E-state index in [0.29, 0.717) is 16.0 Å². The third kappa shape index (κ3) is 2.61. The van der Waals surface area contributed by atoms with Crippen LogP contribution in [-0.2, 0) is 6.54 Å². The van der Waals surface area contributed by atoms with Gasteiger partial charge in [-0.25, -0.2) is 0 Å². The molecule has 0 radical (unpaired) electrons. The van der Waals surface area contributed by atoms with Crippen LogP contribution in [0.4, 0.5) is 0 Å². The SMILES string of the molecule is CC#CCn1cc(Cl)cc(Br)c1=O. The Morgan fingerprint density at radius 2 is 2.38 bits per heavy atom. The highest BCUT2D eigenvalue weighted by Gasteiger charge is 2.01. The van der Waals surface area contributed by atoms with E-state index in [0.717, 1.165) is 0 Å². The minimum atomic E-state index is -0.118. The molecular formula is C9H7BrClNO. The molecule has 0 unspecified atom stereocenters. The van der Waals surface area contributed by atoms with Gasteiger partial charge in [0.2, 0.25) is 0 Å². The molecule has 0 amide bonds. The molecule has 0 saturated heterocycles. The van der Waals surface area contributed by atoms with Crippen molar-refractivity contribution in [2.24, 2.45) is 0 Å². The number of nitrogens with zero attached hydrogens (tertiary/aromatic N) is 1. The van der Waals surface area contributed by atoms with Crippen LogP contribution >= 0.6 is 27.5 Å². The summed E-state index contributed by atoms with van der Waals surface area (Å²) in [6.07, 6.45) is 1.57. The van der Waals surface area contributed by atoms with Gasteiger partial charge in [0.05, 0.1) is 16.0 Å². The number of rotatable bonds is 1. The van der Waals surface area contributed by atoms with E-state index >= 15 is 0 Å². The molecule has 0 atom stereocenters. The summed E-state index contributed by atoms with van der Waals surface area (Å²) in [4.78, 5) is 11.4. The van der Waals surface area contributed by atoms with Gasteiger partial charge in [-0.1, -0.05) is 17.5 Å². The van der Waals surface area contributed by atoms with Crippen LogP contribution in [0.1, 0.15) is 6.92 Å². The standard InChI is InChI=1S/C9H7BrClNO/c1-2-3-4-12-6-7(11)5-8(10)9(12)13/h5-6H,4H2,1H3. The Balaban J connectivity index is 3.18. The van der Waals surface area contributed by atoms with Crippen LogP contribution in [0.15, 0.2) is 21.5 Å². The molecule has 0 aliphatic heterocycles. The molecule has 1 aromatic heterocycles. The molecule has 0 N–H and O–H groups in total. The first-order valence-corrected chi connectivity index (χ1v) is 4.77. The van der Waals surface area contributed by atoms with Gasteiger partial charge in [-0.05, 0) is 28.9 Å². The summed E-state index contributed by atoms with van der Waals surface area (Å²) in [7, 11) is 0. The van der Waals surface area contributed by atoms with Crippen LogP contribution in [0, 0.1) is 11.8 Å². The summed E-state index contributed by atoms with van der Waals surface area (Å²) in [6.45, 7) is 2.10. The summed E-state index contributed by atoms with van der Waals surface area (Å²) in [5, 5.41) is 0.518. The summed E-state index contributed by atoms with van der Waals surface area (Å²) < 4.78 is 1.92. The van der Waals surface area contributed by atoms with Crippen molar-refractivity contribution in [3.63, 3.8) is 0 Å². The summed E-state index contributed by atoms with van der Waals surface area (Å²) in [6, 6.07) is 1.57. The van der Waals surface area contributed by atoms with Crippen molar-refractivity contribution in [1.29, 1.82) is 0 Å². The lowest BCUT2D eigenvalue weighted by molar-refractivity contribution is 0.791. The van der Waals surface area contributed by atoms with Gasteiger partial charge >= 0.3 is 0 Å². The molecular weight excluding hydrogens is 253 g/mol. The number of hydrogen-bond acceptors (Lipinski definition) is 1. The number of aromatic nitrogens is 1. The van der Waals surface area contributed by atoms with Gasteiger partial charge in [-0.15, -0.1) is 5.92 Å². The quantitative estimate of drug-likeness (QED) is 0.710. The second-order valence-electron chi connectivity index (χ2n) is 2.37. The molecule has 4 heteroatoms. The van der Waals surface area contributed by atoms with Crippen LogP contribution in [0.5, 0.6) is 0 Å². The summed E-state index contributed by atoms with van der Waals surface area (Å²) in [5.41, 5.74) is -0.118. The number of hydrogen-bond donors (Lipinski definition) is 0. The first kappa shape index (κ1) is 10.4. The maximum Gasteiger partial charge on any atom is 0.265 e. The van der Waals surface area contributed by atoms with Crippen molar-refractivity contribution in [3.8, 4) is 11.8 Å². The zero-order valence-corrected chi connectivity index (χ0v) is 9.32. The van der Waals surface area contributed by atoms with Crippen LogP contribution in [0.3, 0.4) is 0 Å². The highest BCUT2D eigenvalue weighted by molar-refractivity contribution is 9.10. The van der Waals surface area contributed by atoms with Gasteiger partial charge in [0.15, 0.2) is 0 Å². The predicted molar refractivity (Wildman–Crippen MR) is 56.9 cm³/mol.